The fraction of sp³-hybridized carbons (Fsp3) is 0.500. The molecule has 170 valence electrons. The van der Waals surface area contributed by atoms with Crippen molar-refractivity contribution in [1.82, 2.24) is 14.9 Å². The first kappa shape index (κ1) is 21.4. The van der Waals surface area contributed by atoms with Crippen molar-refractivity contribution < 1.29 is 19.0 Å². The van der Waals surface area contributed by atoms with Gasteiger partial charge in [0.1, 0.15) is 0 Å². The van der Waals surface area contributed by atoms with Crippen LogP contribution < -0.4 is 9.80 Å². The molecule has 32 heavy (non-hydrogen) atoms. The molecular formula is C22H26ClN5O4. The van der Waals surface area contributed by atoms with E-state index in [1.807, 2.05) is 18.2 Å². The Kier molecular flexibility index (Phi) is 6.14. The van der Waals surface area contributed by atoms with Crippen molar-refractivity contribution in [3.05, 3.63) is 47.2 Å². The molecule has 1 atom stereocenters. The molecule has 0 aliphatic carbocycles. The van der Waals surface area contributed by atoms with E-state index in [2.05, 4.69) is 14.8 Å². The van der Waals surface area contributed by atoms with Crippen LogP contribution in [0.1, 0.15) is 5.69 Å². The van der Waals surface area contributed by atoms with E-state index in [0.29, 0.717) is 51.1 Å². The third-order valence-corrected chi connectivity index (χ3v) is 6.17. The minimum Gasteiger partial charge on any atom is -0.437 e. The Morgan fingerprint density at radius 1 is 1.00 bits per heavy atom. The van der Waals surface area contributed by atoms with Crippen molar-refractivity contribution in [2.45, 2.75) is 12.1 Å². The standard InChI is InChI=1S/C22H26ClN5O4/c23-17-1-3-19(4-2-17)28-15-22(32-21(28)29)14-26(7-10-31-16-22)13-18-5-6-24-20(25-18)27-8-11-30-12-9-27/h1-6H,7-16H2/t22-/m0/s1. The molecule has 1 aromatic carbocycles. The van der Waals surface area contributed by atoms with Crippen LogP contribution in [0.3, 0.4) is 0 Å². The predicted molar refractivity (Wildman–Crippen MR) is 119 cm³/mol. The number of amides is 1. The topological polar surface area (TPSA) is 80.3 Å². The molecular weight excluding hydrogens is 434 g/mol. The number of morpholine rings is 1. The Bertz CT molecular complexity index is 956. The minimum atomic E-state index is -0.729. The van der Waals surface area contributed by atoms with Gasteiger partial charge in [0.25, 0.3) is 0 Å². The van der Waals surface area contributed by atoms with E-state index in [1.165, 1.54) is 0 Å². The molecule has 0 radical (unpaired) electrons. The van der Waals surface area contributed by atoms with Crippen LogP contribution in [0, 0.1) is 0 Å². The molecule has 1 aromatic heterocycles. The Labute approximate surface area is 191 Å². The van der Waals surface area contributed by atoms with Gasteiger partial charge in [-0.15, -0.1) is 0 Å². The molecule has 0 N–H and O–H groups in total. The molecule has 3 fully saturated rings. The first-order valence-electron chi connectivity index (χ1n) is 10.8. The van der Waals surface area contributed by atoms with Crippen molar-refractivity contribution in [1.29, 1.82) is 0 Å². The van der Waals surface area contributed by atoms with Gasteiger partial charge < -0.3 is 19.1 Å². The van der Waals surface area contributed by atoms with Gasteiger partial charge in [0.2, 0.25) is 5.95 Å². The highest BCUT2D eigenvalue weighted by Gasteiger charge is 2.48. The van der Waals surface area contributed by atoms with Gasteiger partial charge in [-0.3, -0.25) is 9.80 Å². The minimum absolute atomic E-state index is 0.363. The van der Waals surface area contributed by atoms with E-state index >= 15 is 0 Å². The number of carbonyl (C=O) groups is 1. The van der Waals surface area contributed by atoms with E-state index in [1.54, 1.807) is 23.2 Å². The van der Waals surface area contributed by atoms with Gasteiger partial charge in [0.05, 0.1) is 38.7 Å². The number of ether oxygens (including phenoxy) is 3. The lowest BCUT2D eigenvalue weighted by molar-refractivity contribution is -0.0155. The van der Waals surface area contributed by atoms with Gasteiger partial charge in [-0.2, -0.15) is 0 Å². The summed E-state index contributed by atoms with van der Waals surface area (Å²) in [6.45, 7) is 6.25. The average Bonchev–Trinajstić information content (AvgIpc) is 3.00. The predicted octanol–water partition coefficient (Wildman–Crippen LogP) is 2.19. The first-order valence-corrected chi connectivity index (χ1v) is 11.2. The van der Waals surface area contributed by atoms with E-state index in [-0.39, 0.29) is 6.09 Å². The molecule has 3 saturated heterocycles. The fourth-order valence-corrected chi connectivity index (χ4v) is 4.46. The van der Waals surface area contributed by atoms with E-state index in [9.17, 15) is 4.79 Å². The Balaban J connectivity index is 1.29. The quantitative estimate of drug-likeness (QED) is 0.688. The second-order valence-electron chi connectivity index (χ2n) is 8.32. The molecule has 1 spiro atoms. The zero-order chi connectivity index (χ0) is 22.0. The van der Waals surface area contributed by atoms with Crippen molar-refractivity contribution in [2.75, 3.05) is 69.0 Å². The van der Waals surface area contributed by atoms with Crippen LogP contribution in [0.5, 0.6) is 0 Å². The van der Waals surface area contributed by atoms with Crippen LogP contribution in [0.15, 0.2) is 36.5 Å². The number of benzene rings is 1. The van der Waals surface area contributed by atoms with Crippen LogP contribution in [0.2, 0.25) is 5.02 Å². The number of hydrogen-bond donors (Lipinski definition) is 0. The number of carbonyl (C=O) groups excluding carboxylic acids is 1. The van der Waals surface area contributed by atoms with Crippen molar-refractivity contribution in [3.8, 4) is 0 Å². The van der Waals surface area contributed by atoms with Crippen molar-refractivity contribution in [3.63, 3.8) is 0 Å². The molecule has 0 unspecified atom stereocenters. The molecule has 9 nitrogen and oxygen atoms in total. The first-order chi connectivity index (χ1) is 15.6. The summed E-state index contributed by atoms with van der Waals surface area (Å²) in [7, 11) is 0. The van der Waals surface area contributed by atoms with Crippen LogP contribution in [0.25, 0.3) is 0 Å². The summed E-state index contributed by atoms with van der Waals surface area (Å²) in [5, 5.41) is 0.626. The van der Waals surface area contributed by atoms with E-state index in [4.69, 9.17) is 30.8 Å². The Hall–Kier alpha value is -2.46. The number of rotatable bonds is 4. The van der Waals surface area contributed by atoms with Gasteiger partial charge in [0.15, 0.2) is 5.60 Å². The largest absolute Gasteiger partial charge is 0.437 e. The summed E-state index contributed by atoms with van der Waals surface area (Å²) in [5.41, 5.74) is 0.961. The molecule has 1 amide bonds. The Morgan fingerprint density at radius 3 is 2.59 bits per heavy atom. The van der Waals surface area contributed by atoms with Gasteiger partial charge in [-0.25, -0.2) is 14.8 Å². The van der Waals surface area contributed by atoms with Crippen LogP contribution >= 0.6 is 11.6 Å². The van der Waals surface area contributed by atoms with Gasteiger partial charge in [-0.1, -0.05) is 11.6 Å². The number of anilines is 2. The normalized spacial score (nSPS) is 24.6. The van der Waals surface area contributed by atoms with Crippen LogP contribution in [-0.4, -0.2) is 85.7 Å². The molecule has 2 aromatic rings. The number of halogens is 1. The third-order valence-electron chi connectivity index (χ3n) is 5.92. The lowest BCUT2D eigenvalue weighted by atomic mass is 10.0. The summed E-state index contributed by atoms with van der Waals surface area (Å²) in [6.07, 6.45) is 1.43. The molecule has 0 bridgehead atoms. The maximum atomic E-state index is 12.7. The summed E-state index contributed by atoms with van der Waals surface area (Å²) in [5.74, 6) is 0.729. The zero-order valence-electron chi connectivity index (χ0n) is 17.8. The SMILES string of the molecule is O=C1O[C@]2(COCCN(Cc3ccnc(N4CCOCC4)n3)C2)CN1c1ccc(Cl)cc1. The van der Waals surface area contributed by atoms with Crippen molar-refractivity contribution >= 4 is 29.3 Å². The number of hydrogen-bond acceptors (Lipinski definition) is 8. The van der Waals surface area contributed by atoms with E-state index in [0.717, 1.165) is 37.0 Å². The summed E-state index contributed by atoms with van der Waals surface area (Å²) in [4.78, 5) is 27.9. The summed E-state index contributed by atoms with van der Waals surface area (Å²) < 4.78 is 17.2. The fourth-order valence-electron chi connectivity index (χ4n) is 4.34. The van der Waals surface area contributed by atoms with Gasteiger partial charge in [0, 0.05) is 49.6 Å². The van der Waals surface area contributed by atoms with Crippen LogP contribution in [0.4, 0.5) is 16.4 Å². The molecule has 0 saturated carbocycles. The average molecular weight is 460 g/mol. The molecule has 3 aliphatic heterocycles. The maximum Gasteiger partial charge on any atom is 0.415 e. The van der Waals surface area contributed by atoms with Crippen molar-refractivity contribution in [2.24, 2.45) is 0 Å². The molecule has 5 rings (SSSR count). The Morgan fingerprint density at radius 2 is 1.78 bits per heavy atom. The number of nitrogens with zero attached hydrogens (tertiary/aromatic N) is 5. The second kappa shape index (κ2) is 9.19. The molecule has 3 aliphatic rings. The molecule has 10 heteroatoms. The highest BCUT2D eigenvalue weighted by atomic mass is 35.5. The highest BCUT2D eigenvalue weighted by molar-refractivity contribution is 6.30. The summed E-state index contributed by atoms with van der Waals surface area (Å²) in [6, 6.07) is 9.12. The second-order valence-corrected chi connectivity index (χ2v) is 8.76. The van der Waals surface area contributed by atoms with Crippen LogP contribution in [-0.2, 0) is 20.8 Å². The molecule has 4 heterocycles. The van der Waals surface area contributed by atoms with Gasteiger partial charge >= 0.3 is 6.09 Å². The smallest absolute Gasteiger partial charge is 0.415 e. The number of aromatic nitrogens is 2. The van der Waals surface area contributed by atoms with E-state index < -0.39 is 5.60 Å². The highest BCUT2D eigenvalue weighted by Crippen LogP contribution is 2.31. The monoisotopic (exact) mass is 459 g/mol. The maximum absolute atomic E-state index is 12.7. The zero-order valence-corrected chi connectivity index (χ0v) is 18.5. The van der Waals surface area contributed by atoms with Gasteiger partial charge in [-0.05, 0) is 30.3 Å². The lowest BCUT2D eigenvalue weighted by Gasteiger charge is -2.30. The lowest BCUT2D eigenvalue weighted by Crippen LogP contribution is -2.47. The third kappa shape index (κ3) is 4.66. The summed E-state index contributed by atoms with van der Waals surface area (Å²) >= 11 is 5.99.